The minimum Gasteiger partial charge on any atom is -0.381 e. The Hall–Kier alpha value is -3.90. The average Bonchev–Trinajstić information content (AvgIpc) is 3.08. The molecule has 2 aromatic rings. The number of amides is 4. The van der Waals surface area contributed by atoms with E-state index in [0.29, 0.717) is 12.8 Å². The van der Waals surface area contributed by atoms with Crippen molar-refractivity contribution in [3.63, 3.8) is 0 Å². The lowest BCUT2D eigenvalue weighted by Crippen LogP contribution is -2.54. The second-order valence-electron chi connectivity index (χ2n) is 13.6. The van der Waals surface area contributed by atoms with Crippen LogP contribution in [0.5, 0.6) is 0 Å². The number of hydrogen-bond donors (Lipinski definition) is 5. The smallest absolute Gasteiger partial charge is 0.251 e. The quantitative estimate of drug-likeness (QED) is 0.0989. The first-order valence-corrected chi connectivity index (χ1v) is 17.7. The van der Waals surface area contributed by atoms with Crippen molar-refractivity contribution in [2.75, 3.05) is 19.7 Å². The first-order valence-electron chi connectivity index (χ1n) is 17.7. The van der Waals surface area contributed by atoms with Gasteiger partial charge in [-0.3, -0.25) is 19.2 Å². The Morgan fingerprint density at radius 3 is 2.08 bits per heavy atom. The number of carbonyl (C=O) groups is 4. The predicted molar refractivity (Wildman–Crippen MR) is 189 cm³/mol. The lowest BCUT2D eigenvalue weighted by molar-refractivity contribution is -0.134. The van der Waals surface area contributed by atoms with Crippen LogP contribution in [-0.4, -0.2) is 66.6 Å². The molecule has 0 aliphatic carbocycles. The molecule has 0 aliphatic rings. The number of carbonyl (C=O) groups excluding carboxylic acids is 4. The predicted octanol–water partition coefficient (Wildman–Crippen LogP) is 4.86. The zero-order valence-corrected chi connectivity index (χ0v) is 30.0. The van der Waals surface area contributed by atoms with Gasteiger partial charge in [0.1, 0.15) is 11.6 Å². The van der Waals surface area contributed by atoms with E-state index in [-0.39, 0.29) is 69.4 Å². The number of unbranched alkanes of at least 4 members (excludes halogenated alkanes) is 4. The first-order chi connectivity index (χ1) is 23.8. The Bertz CT molecular complexity index is 1340. The molecule has 0 fully saturated rings. The van der Waals surface area contributed by atoms with Crippen molar-refractivity contribution < 1.29 is 37.8 Å². The zero-order valence-electron chi connectivity index (χ0n) is 30.0. The number of benzene rings is 2. The fourth-order valence-corrected chi connectivity index (χ4v) is 5.19. The number of hydrogen-bond acceptors (Lipinski definition) is 6. The van der Waals surface area contributed by atoms with Crippen molar-refractivity contribution in [2.24, 2.45) is 5.41 Å². The Labute approximate surface area is 295 Å². The van der Waals surface area contributed by atoms with Crippen molar-refractivity contribution in [3.05, 3.63) is 71.3 Å². The Morgan fingerprint density at radius 2 is 1.44 bits per heavy atom. The minimum absolute atomic E-state index is 0.0548. The van der Waals surface area contributed by atoms with E-state index in [4.69, 9.17) is 4.74 Å². The van der Waals surface area contributed by atoms with E-state index in [1.165, 1.54) is 0 Å². The van der Waals surface area contributed by atoms with Gasteiger partial charge >= 0.3 is 0 Å². The molecule has 4 amide bonds. The van der Waals surface area contributed by atoms with Gasteiger partial charge in [0.25, 0.3) is 5.91 Å². The summed E-state index contributed by atoms with van der Waals surface area (Å²) in [5.41, 5.74) is 0.297. The van der Waals surface area contributed by atoms with Crippen LogP contribution in [0, 0.1) is 17.0 Å². The lowest BCUT2D eigenvalue weighted by atomic mass is 9.93. The molecule has 5 N–H and O–H groups in total. The van der Waals surface area contributed by atoms with Gasteiger partial charge in [-0.2, -0.15) is 0 Å². The second-order valence-corrected chi connectivity index (χ2v) is 13.6. The molecule has 0 saturated heterocycles. The molecule has 12 heteroatoms. The molecule has 10 nitrogen and oxygen atoms in total. The maximum absolute atomic E-state index is 14.4. The average molecular weight is 703 g/mol. The van der Waals surface area contributed by atoms with Crippen molar-refractivity contribution >= 4 is 23.6 Å². The van der Waals surface area contributed by atoms with E-state index in [2.05, 4.69) is 21.3 Å². The summed E-state index contributed by atoms with van der Waals surface area (Å²) in [4.78, 5) is 51.2. The van der Waals surface area contributed by atoms with Crippen LogP contribution in [0.2, 0.25) is 0 Å². The third kappa shape index (κ3) is 17.2. The van der Waals surface area contributed by atoms with Crippen LogP contribution in [0.15, 0.2) is 48.5 Å². The van der Waals surface area contributed by atoms with Crippen LogP contribution in [0.3, 0.4) is 0 Å². The Morgan fingerprint density at radius 1 is 0.820 bits per heavy atom. The molecule has 0 heterocycles. The molecule has 50 heavy (non-hydrogen) atoms. The molecule has 278 valence electrons. The van der Waals surface area contributed by atoms with E-state index < -0.39 is 47.1 Å². The maximum Gasteiger partial charge on any atom is 0.251 e. The van der Waals surface area contributed by atoms with Crippen molar-refractivity contribution in [1.82, 2.24) is 21.3 Å². The van der Waals surface area contributed by atoms with Gasteiger partial charge in [0.15, 0.2) is 6.10 Å². The maximum atomic E-state index is 14.4. The zero-order chi connectivity index (χ0) is 36.9. The van der Waals surface area contributed by atoms with Crippen LogP contribution >= 0.6 is 0 Å². The van der Waals surface area contributed by atoms with Gasteiger partial charge < -0.3 is 31.1 Å². The van der Waals surface area contributed by atoms with Crippen LogP contribution in [0.25, 0.3) is 0 Å². The van der Waals surface area contributed by atoms with E-state index in [9.17, 15) is 33.1 Å². The molecule has 0 saturated carbocycles. The molecule has 2 aromatic carbocycles. The molecule has 0 bridgehead atoms. The first kappa shape index (κ1) is 42.3. The van der Waals surface area contributed by atoms with Gasteiger partial charge in [-0.15, -0.1) is 0 Å². The third-order valence-electron chi connectivity index (χ3n) is 8.20. The number of nitrogens with one attached hydrogen (secondary N) is 4. The summed E-state index contributed by atoms with van der Waals surface area (Å²) in [6, 6.07) is 10.7. The molecule has 0 radical (unpaired) electrons. The summed E-state index contributed by atoms with van der Waals surface area (Å²) in [6.07, 6.45) is 3.71. The lowest BCUT2D eigenvalue weighted by Gasteiger charge is -2.28. The second kappa shape index (κ2) is 22.7. The van der Waals surface area contributed by atoms with Crippen molar-refractivity contribution in [2.45, 2.75) is 117 Å². The molecule has 0 aliphatic heterocycles. The van der Waals surface area contributed by atoms with Crippen LogP contribution in [0.1, 0.15) is 96.6 Å². The van der Waals surface area contributed by atoms with Crippen molar-refractivity contribution in [1.29, 1.82) is 0 Å². The van der Waals surface area contributed by atoms with E-state index in [1.807, 2.05) is 58.0 Å². The summed E-state index contributed by atoms with van der Waals surface area (Å²) in [6.45, 7) is 8.04. The minimum atomic E-state index is -1.59. The number of rotatable bonds is 24. The fourth-order valence-electron chi connectivity index (χ4n) is 5.19. The molecule has 3 unspecified atom stereocenters. The summed E-state index contributed by atoms with van der Waals surface area (Å²) in [5.74, 6) is -2.91. The van der Waals surface area contributed by atoms with Crippen LogP contribution in [-0.2, 0) is 36.9 Å². The van der Waals surface area contributed by atoms with E-state index >= 15 is 0 Å². The third-order valence-corrected chi connectivity index (χ3v) is 8.20. The Kier molecular flexibility index (Phi) is 19.2. The highest BCUT2D eigenvalue weighted by atomic mass is 19.1. The molecule has 0 spiro atoms. The van der Waals surface area contributed by atoms with E-state index in [1.54, 1.807) is 0 Å². The highest BCUT2D eigenvalue weighted by molar-refractivity contribution is 5.83. The number of aliphatic hydroxyl groups is 1. The summed E-state index contributed by atoms with van der Waals surface area (Å²) < 4.78 is 34.0. The number of halogens is 2. The van der Waals surface area contributed by atoms with Crippen molar-refractivity contribution in [3.8, 4) is 0 Å². The highest BCUT2D eigenvalue weighted by Crippen LogP contribution is 2.16. The van der Waals surface area contributed by atoms with Gasteiger partial charge in [0, 0.05) is 38.4 Å². The monoisotopic (exact) mass is 702 g/mol. The summed E-state index contributed by atoms with van der Waals surface area (Å²) >= 11 is 0. The number of aliphatic hydroxyl groups excluding tert-OH is 1. The topological polar surface area (TPSA) is 146 Å². The normalized spacial score (nSPS) is 13.2. The molecular weight excluding hydrogens is 646 g/mol. The van der Waals surface area contributed by atoms with E-state index in [0.717, 1.165) is 49.4 Å². The summed E-state index contributed by atoms with van der Waals surface area (Å²) in [7, 11) is 0. The summed E-state index contributed by atoms with van der Waals surface area (Å²) in [5, 5.41) is 22.0. The standard InChI is InChI=1S/C38H56F2N4O6/c1-5-7-10-16-33(45)43-30(21-28-20-29(39)18-19-31(28)40)22-35(47)41-25-38(3,4)26-42-37(49)36(48)32(44-34(46)17-11-8-6-2)24-50-23-27-14-12-9-13-15-27/h9,12-15,18-20,30,32,36,48H,5-8,10-11,16-17,21-26H2,1-4H3,(H,41,47)(H,42,49)(H,43,45)(H,44,46). The van der Waals surface area contributed by atoms with Gasteiger partial charge in [0.05, 0.1) is 19.3 Å². The molecule has 0 aromatic heterocycles. The van der Waals surface area contributed by atoms with Gasteiger partial charge in [-0.05, 0) is 54.0 Å². The molecule has 2 rings (SSSR count). The number of ether oxygens (including phenoxy) is 1. The van der Waals surface area contributed by atoms with Gasteiger partial charge in [0.2, 0.25) is 17.7 Å². The van der Waals surface area contributed by atoms with Crippen LogP contribution < -0.4 is 21.3 Å². The molecule has 3 atom stereocenters. The van der Waals surface area contributed by atoms with Crippen LogP contribution in [0.4, 0.5) is 8.78 Å². The largest absolute Gasteiger partial charge is 0.381 e. The molecular formula is C38H56F2N4O6. The fraction of sp³-hybridized carbons (Fsp3) is 0.579. The SMILES string of the molecule is CCCCCC(=O)NC(CC(=O)NCC(C)(C)CNC(=O)C(O)C(COCc1ccccc1)NC(=O)CCCCC)Cc1cc(F)ccc1F. The highest BCUT2D eigenvalue weighted by Gasteiger charge is 2.30. The van der Waals surface area contributed by atoms with Gasteiger partial charge in [-0.25, -0.2) is 8.78 Å². The van der Waals surface area contributed by atoms with Gasteiger partial charge in [-0.1, -0.05) is 83.7 Å². The Balaban J connectivity index is 1.96.